The normalized spacial score (nSPS) is 11.4. The Morgan fingerprint density at radius 1 is 1.05 bits per heavy atom. The van der Waals surface area contributed by atoms with Gasteiger partial charge in [-0.15, -0.1) is 0 Å². The van der Waals surface area contributed by atoms with Gasteiger partial charge in [0.1, 0.15) is 5.82 Å². The van der Waals surface area contributed by atoms with Gasteiger partial charge < -0.3 is 0 Å². The third-order valence-electron chi connectivity index (χ3n) is 2.52. The van der Waals surface area contributed by atoms with Crippen molar-refractivity contribution in [2.24, 2.45) is 0 Å². The number of nitrogens with zero attached hydrogens (tertiary/aromatic N) is 1. The largest absolute Gasteiger partial charge is 0.416 e. The highest BCUT2D eigenvalue weighted by Gasteiger charge is 2.33. The smallest absolute Gasteiger partial charge is 0.258 e. The topological polar surface area (TPSA) is 43.1 Å². The van der Waals surface area contributed by atoms with Crippen LogP contribution in [-0.2, 0) is 6.18 Å². The molecule has 0 radical (unpaired) electrons. The van der Waals surface area contributed by atoms with Crippen molar-refractivity contribution in [3.8, 4) is 0 Å². The minimum Gasteiger partial charge on any atom is -0.258 e. The van der Waals surface area contributed by atoms with Crippen LogP contribution in [0.2, 0.25) is 0 Å². The van der Waals surface area contributed by atoms with Crippen LogP contribution in [0.4, 0.5) is 23.2 Å². The van der Waals surface area contributed by atoms with Crippen molar-refractivity contribution in [1.29, 1.82) is 0 Å². The van der Waals surface area contributed by atoms with Crippen molar-refractivity contribution in [1.82, 2.24) is 0 Å². The number of alkyl halides is 3. The van der Waals surface area contributed by atoms with Gasteiger partial charge in [0.15, 0.2) is 0 Å². The molecule has 0 unspecified atom stereocenters. The van der Waals surface area contributed by atoms with Gasteiger partial charge >= 0.3 is 6.18 Å². The summed E-state index contributed by atoms with van der Waals surface area (Å²) in [5.41, 5.74) is -1.73. The Bertz CT molecular complexity index is 671. The van der Waals surface area contributed by atoms with Crippen LogP contribution in [0, 0.1) is 15.9 Å². The molecule has 0 atom stereocenters. The molecule has 0 aliphatic rings. The minimum atomic E-state index is -4.65. The summed E-state index contributed by atoms with van der Waals surface area (Å²) in [5, 5.41) is 10.9. The Morgan fingerprint density at radius 3 is 2.19 bits per heavy atom. The van der Waals surface area contributed by atoms with Crippen LogP contribution in [0.3, 0.4) is 0 Å². The van der Waals surface area contributed by atoms with Crippen molar-refractivity contribution in [3.63, 3.8) is 0 Å². The summed E-state index contributed by atoms with van der Waals surface area (Å²) < 4.78 is 50.5. The highest BCUT2D eigenvalue weighted by molar-refractivity contribution is 7.99. The second-order valence-corrected chi connectivity index (χ2v) is 5.11. The third kappa shape index (κ3) is 3.72. The fourth-order valence-corrected chi connectivity index (χ4v) is 2.45. The van der Waals surface area contributed by atoms with Gasteiger partial charge in [-0.05, 0) is 36.4 Å². The molecule has 2 rings (SSSR count). The maximum atomic E-state index is 12.8. The van der Waals surface area contributed by atoms with Gasteiger partial charge in [0.2, 0.25) is 0 Å². The molecule has 0 heterocycles. The fraction of sp³-hybridized carbons (Fsp3) is 0.0769. The average molecular weight is 317 g/mol. The van der Waals surface area contributed by atoms with Crippen molar-refractivity contribution in [3.05, 3.63) is 64.0 Å². The van der Waals surface area contributed by atoms with E-state index in [9.17, 15) is 27.7 Å². The van der Waals surface area contributed by atoms with E-state index in [-0.39, 0.29) is 4.90 Å². The molecule has 0 N–H and O–H groups in total. The van der Waals surface area contributed by atoms with E-state index in [0.29, 0.717) is 11.0 Å². The molecular weight excluding hydrogens is 310 g/mol. The molecule has 0 saturated heterocycles. The summed E-state index contributed by atoms with van der Waals surface area (Å²) in [5.74, 6) is -0.471. The molecule has 0 bridgehead atoms. The summed E-state index contributed by atoms with van der Waals surface area (Å²) in [6.07, 6.45) is -4.65. The summed E-state index contributed by atoms with van der Waals surface area (Å²) in [6, 6.07) is 7.42. The molecule has 110 valence electrons. The molecular formula is C13H7F4NO2S. The van der Waals surface area contributed by atoms with Crippen LogP contribution >= 0.6 is 11.8 Å². The van der Waals surface area contributed by atoms with E-state index in [1.165, 1.54) is 12.1 Å². The monoisotopic (exact) mass is 317 g/mol. The highest BCUT2D eigenvalue weighted by atomic mass is 32.2. The predicted molar refractivity (Wildman–Crippen MR) is 68.6 cm³/mol. The summed E-state index contributed by atoms with van der Waals surface area (Å²) >= 11 is 0.895. The first-order valence-corrected chi connectivity index (χ1v) is 6.38. The first-order chi connectivity index (χ1) is 9.77. The Labute approximate surface area is 120 Å². The maximum absolute atomic E-state index is 12.8. The summed E-state index contributed by atoms with van der Waals surface area (Å²) in [6.45, 7) is 0. The number of nitro benzene ring substituents is 1. The zero-order chi connectivity index (χ0) is 15.6. The van der Waals surface area contributed by atoms with Crippen molar-refractivity contribution >= 4 is 17.4 Å². The van der Waals surface area contributed by atoms with Crippen molar-refractivity contribution in [2.75, 3.05) is 0 Å². The summed E-state index contributed by atoms with van der Waals surface area (Å²) in [7, 11) is 0. The molecule has 0 amide bonds. The Balaban J connectivity index is 2.39. The number of hydrogen-bond acceptors (Lipinski definition) is 3. The van der Waals surface area contributed by atoms with Gasteiger partial charge in [-0.25, -0.2) is 4.39 Å². The second kappa shape index (κ2) is 5.72. The zero-order valence-electron chi connectivity index (χ0n) is 10.2. The van der Waals surface area contributed by atoms with E-state index in [1.807, 2.05) is 0 Å². The first kappa shape index (κ1) is 15.3. The van der Waals surface area contributed by atoms with Crippen LogP contribution in [0.25, 0.3) is 0 Å². The fourth-order valence-electron chi connectivity index (χ4n) is 1.55. The van der Waals surface area contributed by atoms with Gasteiger partial charge in [0.05, 0.1) is 15.4 Å². The molecule has 0 aromatic heterocycles. The minimum absolute atomic E-state index is 0.0552. The molecule has 0 saturated carbocycles. The predicted octanol–water partition coefficient (Wildman–Crippen LogP) is 4.90. The van der Waals surface area contributed by atoms with Gasteiger partial charge in [0, 0.05) is 11.0 Å². The van der Waals surface area contributed by atoms with Gasteiger partial charge in [0.25, 0.3) is 5.69 Å². The van der Waals surface area contributed by atoms with Crippen LogP contribution in [0.15, 0.2) is 52.3 Å². The average Bonchev–Trinajstić information content (AvgIpc) is 2.40. The van der Waals surface area contributed by atoms with Crippen LogP contribution in [0.1, 0.15) is 5.56 Å². The first-order valence-electron chi connectivity index (χ1n) is 5.56. The standard InChI is InChI=1S/C13H7F4NO2S/c14-9-2-4-10(5-3-9)21-12-6-1-8(13(15,16)17)7-11(12)18(19)20/h1-7H. The van der Waals surface area contributed by atoms with Crippen molar-refractivity contribution < 1.29 is 22.5 Å². The Hall–Kier alpha value is -2.09. The second-order valence-electron chi connectivity index (χ2n) is 3.99. The number of halogens is 4. The molecule has 2 aromatic carbocycles. The molecule has 2 aromatic rings. The van der Waals surface area contributed by atoms with Crippen LogP contribution in [0.5, 0.6) is 0 Å². The maximum Gasteiger partial charge on any atom is 0.416 e. The van der Waals surface area contributed by atoms with E-state index < -0.39 is 28.2 Å². The van der Waals surface area contributed by atoms with E-state index in [2.05, 4.69) is 0 Å². The lowest BCUT2D eigenvalue weighted by atomic mass is 10.2. The lowest BCUT2D eigenvalue weighted by Crippen LogP contribution is -2.05. The number of hydrogen-bond donors (Lipinski definition) is 0. The van der Waals surface area contributed by atoms with Crippen LogP contribution < -0.4 is 0 Å². The lowest BCUT2D eigenvalue weighted by Gasteiger charge is -2.08. The quantitative estimate of drug-likeness (QED) is 0.459. The Kier molecular flexibility index (Phi) is 4.17. The molecule has 0 spiro atoms. The summed E-state index contributed by atoms with van der Waals surface area (Å²) in [4.78, 5) is 10.6. The van der Waals surface area contributed by atoms with Crippen LogP contribution in [-0.4, -0.2) is 4.92 Å². The highest BCUT2D eigenvalue weighted by Crippen LogP contribution is 2.39. The van der Waals surface area contributed by atoms with Crippen molar-refractivity contribution in [2.45, 2.75) is 16.0 Å². The number of benzene rings is 2. The SMILES string of the molecule is O=[N+]([O-])c1cc(C(F)(F)F)ccc1Sc1ccc(F)cc1. The van der Waals surface area contributed by atoms with Gasteiger partial charge in [-0.3, -0.25) is 10.1 Å². The van der Waals surface area contributed by atoms with Gasteiger partial charge in [-0.2, -0.15) is 13.2 Å². The molecule has 21 heavy (non-hydrogen) atoms. The van der Waals surface area contributed by atoms with E-state index in [1.54, 1.807) is 0 Å². The molecule has 3 nitrogen and oxygen atoms in total. The van der Waals surface area contributed by atoms with E-state index >= 15 is 0 Å². The number of rotatable bonds is 3. The number of nitro groups is 1. The van der Waals surface area contributed by atoms with E-state index in [0.717, 1.165) is 36.0 Å². The van der Waals surface area contributed by atoms with Gasteiger partial charge in [-0.1, -0.05) is 11.8 Å². The molecule has 0 aliphatic carbocycles. The lowest BCUT2D eigenvalue weighted by molar-refractivity contribution is -0.388. The molecule has 0 aliphatic heterocycles. The molecule has 8 heteroatoms. The third-order valence-corrected chi connectivity index (χ3v) is 3.60. The molecule has 0 fully saturated rings. The Morgan fingerprint density at radius 2 is 1.67 bits per heavy atom. The zero-order valence-corrected chi connectivity index (χ0v) is 11.0. The van der Waals surface area contributed by atoms with E-state index in [4.69, 9.17) is 0 Å².